The summed E-state index contributed by atoms with van der Waals surface area (Å²) in [5.74, 6) is 0. The average molecular weight is 480 g/mol. The Hall–Kier alpha value is -4.17. The maximum Gasteiger partial charge on any atom is 0.407 e. The second-order valence-electron chi connectivity index (χ2n) is 9.57. The summed E-state index contributed by atoms with van der Waals surface area (Å²) in [6.07, 6.45) is 11.3. The number of nitrogens with one attached hydrogen (secondary N) is 1. The van der Waals surface area contributed by atoms with Gasteiger partial charge in [0.25, 0.3) is 0 Å². The number of rotatable bonds is 3. The minimum atomic E-state index is -0.858. The van der Waals surface area contributed by atoms with Crippen molar-refractivity contribution in [3.05, 3.63) is 78.0 Å². The summed E-state index contributed by atoms with van der Waals surface area (Å²) in [4.78, 5) is 26.0. The van der Waals surface area contributed by atoms with Crippen LogP contribution in [0.1, 0.15) is 35.6 Å². The summed E-state index contributed by atoms with van der Waals surface area (Å²) >= 11 is 0. The number of carbonyl (C=O) groups is 1. The van der Waals surface area contributed by atoms with E-state index in [2.05, 4.69) is 40.3 Å². The van der Waals surface area contributed by atoms with Gasteiger partial charge in [-0.25, -0.2) is 14.8 Å². The van der Waals surface area contributed by atoms with E-state index in [1.807, 2.05) is 29.2 Å². The first-order valence-corrected chi connectivity index (χ1v) is 12.3. The zero-order valence-electron chi connectivity index (χ0n) is 19.6. The standard InChI is InChI=1S/C28H25N5O3/c34-28(35)33-6-1-2-25(33)21-11-19(10-18-4-9-36-16-24(18)21)20-12-22-23(15-31-27(22)30-14-20)17-3-7-32-8-5-29-26(32)13-17/h3,5,7-8,10-15,25H,1-2,4,6,9,16H2,(H,30,31)(H,34,35). The van der Waals surface area contributed by atoms with E-state index < -0.39 is 6.09 Å². The van der Waals surface area contributed by atoms with Gasteiger partial charge in [0, 0.05) is 54.0 Å². The number of imidazole rings is 1. The Bertz CT molecular complexity index is 1640. The molecule has 0 radical (unpaired) electrons. The number of benzene rings is 1. The fourth-order valence-corrected chi connectivity index (χ4v) is 5.77. The van der Waals surface area contributed by atoms with Gasteiger partial charge in [-0.05, 0) is 71.3 Å². The van der Waals surface area contributed by atoms with E-state index >= 15 is 0 Å². The Labute approximate surface area is 207 Å². The molecule has 4 aromatic heterocycles. The molecule has 5 aromatic rings. The Kier molecular flexibility index (Phi) is 4.82. The van der Waals surface area contributed by atoms with Gasteiger partial charge < -0.3 is 24.1 Å². The first-order chi connectivity index (χ1) is 17.7. The molecule has 1 aromatic carbocycles. The van der Waals surface area contributed by atoms with E-state index in [9.17, 15) is 9.90 Å². The van der Waals surface area contributed by atoms with E-state index in [1.54, 1.807) is 11.1 Å². The maximum absolute atomic E-state index is 11.9. The van der Waals surface area contributed by atoms with Gasteiger partial charge in [-0.15, -0.1) is 0 Å². The number of aromatic nitrogens is 4. The number of likely N-dealkylation sites (tertiary alicyclic amines) is 1. The highest BCUT2D eigenvalue weighted by molar-refractivity contribution is 5.96. The molecule has 8 heteroatoms. The number of H-pyrrole nitrogens is 1. The summed E-state index contributed by atoms with van der Waals surface area (Å²) in [7, 11) is 0. The van der Waals surface area contributed by atoms with E-state index in [-0.39, 0.29) is 6.04 Å². The van der Waals surface area contributed by atoms with Crippen LogP contribution in [0.3, 0.4) is 0 Å². The van der Waals surface area contributed by atoms with Gasteiger partial charge in [-0.3, -0.25) is 0 Å². The van der Waals surface area contributed by atoms with E-state index in [0.29, 0.717) is 19.8 Å². The number of amides is 1. The van der Waals surface area contributed by atoms with Crippen LogP contribution in [-0.2, 0) is 17.8 Å². The first kappa shape index (κ1) is 21.1. The van der Waals surface area contributed by atoms with Crippen LogP contribution in [0, 0.1) is 0 Å². The maximum atomic E-state index is 11.9. The van der Waals surface area contributed by atoms with Crippen molar-refractivity contribution >= 4 is 22.8 Å². The highest BCUT2D eigenvalue weighted by atomic mass is 16.5. The highest BCUT2D eigenvalue weighted by Crippen LogP contribution is 2.40. The quantitative estimate of drug-likeness (QED) is 0.360. The SMILES string of the molecule is O=C(O)N1CCCC1c1cc(-c2cnc3[nH]cc(-c4ccn5ccnc5c4)c3c2)cc2c1COCC2. The lowest BCUT2D eigenvalue weighted by Gasteiger charge is -2.28. The number of aromatic amines is 1. The highest BCUT2D eigenvalue weighted by Gasteiger charge is 2.33. The summed E-state index contributed by atoms with van der Waals surface area (Å²) < 4.78 is 7.77. The van der Waals surface area contributed by atoms with Crippen LogP contribution in [0.15, 0.2) is 61.3 Å². The monoisotopic (exact) mass is 479 g/mol. The average Bonchev–Trinajstić information content (AvgIpc) is 3.66. The van der Waals surface area contributed by atoms with Gasteiger partial charge in [-0.2, -0.15) is 0 Å². The van der Waals surface area contributed by atoms with Gasteiger partial charge in [-0.1, -0.05) is 6.07 Å². The molecule has 2 N–H and O–H groups in total. The second-order valence-corrected chi connectivity index (χ2v) is 9.57. The largest absolute Gasteiger partial charge is 0.465 e. The summed E-state index contributed by atoms with van der Waals surface area (Å²) in [6.45, 7) is 1.78. The second kappa shape index (κ2) is 8.20. The van der Waals surface area contributed by atoms with E-state index in [1.165, 1.54) is 5.56 Å². The topological polar surface area (TPSA) is 95.8 Å². The number of nitrogens with zero attached hydrogens (tertiary/aromatic N) is 4. The summed E-state index contributed by atoms with van der Waals surface area (Å²) in [5, 5.41) is 10.8. The molecule has 1 fully saturated rings. The molecule has 7 rings (SSSR count). The Morgan fingerprint density at radius 1 is 1.11 bits per heavy atom. The van der Waals surface area contributed by atoms with Crippen LogP contribution in [0.2, 0.25) is 0 Å². The van der Waals surface area contributed by atoms with E-state index in [4.69, 9.17) is 9.72 Å². The predicted molar refractivity (Wildman–Crippen MR) is 136 cm³/mol. The number of carboxylic acid groups (broad SMARTS) is 1. The summed E-state index contributed by atoms with van der Waals surface area (Å²) in [6, 6.07) is 10.6. The molecule has 0 aliphatic carbocycles. The number of ether oxygens (including phenoxy) is 1. The first-order valence-electron chi connectivity index (χ1n) is 12.3. The van der Waals surface area contributed by atoms with Gasteiger partial charge in [0.1, 0.15) is 11.3 Å². The minimum absolute atomic E-state index is 0.140. The molecule has 0 bridgehead atoms. The summed E-state index contributed by atoms with van der Waals surface area (Å²) in [5.41, 5.74) is 9.41. The molecule has 2 aliphatic rings. The molecule has 0 saturated carbocycles. The Morgan fingerprint density at radius 3 is 2.97 bits per heavy atom. The lowest BCUT2D eigenvalue weighted by atomic mass is 9.88. The molecule has 8 nitrogen and oxygen atoms in total. The third-order valence-corrected chi connectivity index (χ3v) is 7.57. The number of pyridine rings is 2. The third-order valence-electron chi connectivity index (χ3n) is 7.57. The normalized spacial score (nSPS) is 17.7. The molecular formula is C28H25N5O3. The predicted octanol–water partition coefficient (Wildman–Crippen LogP) is 5.43. The minimum Gasteiger partial charge on any atom is -0.465 e. The van der Waals surface area contributed by atoms with Crippen LogP contribution in [0.4, 0.5) is 4.79 Å². The number of hydrogen-bond donors (Lipinski definition) is 2. The molecule has 6 heterocycles. The van der Waals surface area contributed by atoms with Crippen LogP contribution in [0.5, 0.6) is 0 Å². The lowest BCUT2D eigenvalue weighted by Crippen LogP contribution is -2.30. The van der Waals surface area contributed by atoms with Gasteiger partial charge in [0.2, 0.25) is 0 Å². The fraction of sp³-hybridized carbons (Fsp3) is 0.250. The van der Waals surface area contributed by atoms with Crippen molar-refractivity contribution in [3.63, 3.8) is 0 Å². The van der Waals surface area contributed by atoms with Crippen molar-refractivity contribution in [2.45, 2.75) is 31.9 Å². The van der Waals surface area contributed by atoms with Gasteiger partial charge >= 0.3 is 6.09 Å². The number of fused-ring (bicyclic) bond motifs is 3. The smallest absolute Gasteiger partial charge is 0.407 e. The van der Waals surface area contributed by atoms with Crippen molar-refractivity contribution in [2.24, 2.45) is 0 Å². The van der Waals surface area contributed by atoms with Gasteiger partial charge in [0.15, 0.2) is 0 Å². The van der Waals surface area contributed by atoms with Crippen molar-refractivity contribution in [2.75, 3.05) is 13.2 Å². The molecule has 0 spiro atoms. The Morgan fingerprint density at radius 2 is 2.06 bits per heavy atom. The Balaban J connectivity index is 1.36. The van der Waals surface area contributed by atoms with Crippen molar-refractivity contribution in [1.29, 1.82) is 0 Å². The molecule has 36 heavy (non-hydrogen) atoms. The molecule has 2 aliphatic heterocycles. The van der Waals surface area contributed by atoms with Crippen molar-refractivity contribution < 1.29 is 14.6 Å². The van der Waals surface area contributed by atoms with Crippen LogP contribution < -0.4 is 0 Å². The lowest BCUT2D eigenvalue weighted by molar-refractivity contribution is 0.107. The molecular weight excluding hydrogens is 454 g/mol. The molecule has 180 valence electrons. The number of hydrogen-bond acceptors (Lipinski definition) is 4. The van der Waals surface area contributed by atoms with Crippen LogP contribution >= 0.6 is 0 Å². The van der Waals surface area contributed by atoms with Crippen molar-refractivity contribution in [1.82, 2.24) is 24.3 Å². The van der Waals surface area contributed by atoms with Crippen LogP contribution in [-0.4, -0.2) is 48.6 Å². The zero-order chi connectivity index (χ0) is 24.2. The van der Waals surface area contributed by atoms with Crippen molar-refractivity contribution in [3.8, 4) is 22.3 Å². The third kappa shape index (κ3) is 3.37. The van der Waals surface area contributed by atoms with Crippen LogP contribution in [0.25, 0.3) is 38.9 Å². The van der Waals surface area contributed by atoms with E-state index in [0.717, 1.165) is 69.3 Å². The zero-order valence-corrected chi connectivity index (χ0v) is 19.6. The molecule has 1 unspecified atom stereocenters. The molecule has 1 atom stereocenters. The molecule has 1 saturated heterocycles. The fourth-order valence-electron chi connectivity index (χ4n) is 5.77. The molecule has 1 amide bonds. The van der Waals surface area contributed by atoms with Gasteiger partial charge in [0.05, 0.1) is 19.3 Å².